The fraction of sp³-hybridized carbons (Fsp3) is 0.944. The molecule has 0 bridgehead atoms. The summed E-state index contributed by atoms with van der Waals surface area (Å²) >= 11 is 0. The van der Waals surface area contributed by atoms with Crippen molar-refractivity contribution >= 4 is 6.09 Å². The molecule has 2 aliphatic rings. The summed E-state index contributed by atoms with van der Waals surface area (Å²) in [5.74, 6) is 0.392. The first-order valence-corrected chi connectivity index (χ1v) is 9.17. The molecule has 23 heavy (non-hydrogen) atoms. The summed E-state index contributed by atoms with van der Waals surface area (Å²) in [4.78, 5) is 14.2. The maximum absolute atomic E-state index is 12.3. The third-order valence-electron chi connectivity index (χ3n) is 4.98. The summed E-state index contributed by atoms with van der Waals surface area (Å²) < 4.78 is 5.52. The Hall–Kier alpha value is -0.810. The molecule has 1 aliphatic carbocycles. The number of carbonyl (C=O) groups excluding carboxylic acids is 1. The van der Waals surface area contributed by atoms with Gasteiger partial charge in [-0.05, 0) is 65.7 Å². The van der Waals surface area contributed by atoms with Crippen molar-refractivity contribution in [1.29, 1.82) is 0 Å². The molecule has 2 N–H and O–H groups in total. The minimum absolute atomic E-state index is 0.139. The molecule has 0 aromatic carbocycles. The number of nitrogens with one attached hydrogen (secondary N) is 1. The van der Waals surface area contributed by atoms with Crippen molar-refractivity contribution in [3.63, 3.8) is 0 Å². The highest BCUT2D eigenvalue weighted by molar-refractivity contribution is 5.68. The fourth-order valence-corrected chi connectivity index (χ4v) is 3.74. The third kappa shape index (κ3) is 5.64. The van der Waals surface area contributed by atoms with Crippen LogP contribution in [0.3, 0.4) is 0 Å². The van der Waals surface area contributed by atoms with Crippen LogP contribution in [0.2, 0.25) is 0 Å². The number of hydrogen-bond acceptors (Lipinski definition) is 4. The van der Waals surface area contributed by atoms with E-state index in [1.807, 2.05) is 25.7 Å². The van der Waals surface area contributed by atoms with Crippen molar-refractivity contribution in [3.05, 3.63) is 0 Å². The lowest BCUT2D eigenvalue weighted by Crippen LogP contribution is -2.43. The van der Waals surface area contributed by atoms with Gasteiger partial charge >= 0.3 is 6.09 Å². The number of aliphatic hydroxyl groups excluding tert-OH is 1. The molecule has 0 aromatic heterocycles. The first kappa shape index (κ1) is 18.5. The van der Waals surface area contributed by atoms with E-state index in [0.29, 0.717) is 12.0 Å². The second-order valence-electron chi connectivity index (χ2n) is 8.27. The van der Waals surface area contributed by atoms with Crippen molar-refractivity contribution in [2.45, 2.75) is 90.0 Å². The summed E-state index contributed by atoms with van der Waals surface area (Å²) in [7, 11) is 0. The zero-order chi connectivity index (χ0) is 17.0. The minimum Gasteiger partial charge on any atom is -0.444 e. The number of likely N-dealkylation sites (tertiary alicyclic amines) is 1. The summed E-state index contributed by atoms with van der Waals surface area (Å²) in [6.07, 6.45) is 5.93. The van der Waals surface area contributed by atoms with Crippen LogP contribution in [-0.4, -0.2) is 53.0 Å². The molecule has 1 amide bonds. The van der Waals surface area contributed by atoms with Crippen molar-refractivity contribution in [2.24, 2.45) is 5.92 Å². The van der Waals surface area contributed by atoms with E-state index in [-0.39, 0.29) is 18.2 Å². The predicted molar refractivity (Wildman–Crippen MR) is 91.4 cm³/mol. The number of ether oxygens (including phenoxy) is 1. The Morgan fingerprint density at radius 1 is 1.30 bits per heavy atom. The molecule has 2 rings (SSSR count). The molecule has 1 aliphatic heterocycles. The van der Waals surface area contributed by atoms with Crippen LogP contribution in [0.5, 0.6) is 0 Å². The lowest BCUT2D eigenvalue weighted by atomic mass is 10.0. The molecule has 5 nitrogen and oxygen atoms in total. The summed E-state index contributed by atoms with van der Waals surface area (Å²) in [6, 6.07) is 0.608. The van der Waals surface area contributed by atoms with Crippen LogP contribution >= 0.6 is 0 Å². The Balaban J connectivity index is 1.77. The molecule has 4 unspecified atom stereocenters. The van der Waals surface area contributed by atoms with Gasteiger partial charge in [0.05, 0.1) is 6.10 Å². The van der Waals surface area contributed by atoms with E-state index in [1.54, 1.807) is 0 Å². The van der Waals surface area contributed by atoms with E-state index in [2.05, 4.69) is 12.2 Å². The van der Waals surface area contributed by atoms with Gasteiger partial charge in [-0.3, -0.25) is 0 Å². The highest BCUT2D eigenvalue weighted by Gasteiger charge is 2.33. The van der Waals surface area contributed by atoms with Crippen LogP contribution in [0.1, 0.15) is 66.2 Å². The number of rotatable bonds is 5. The van der Waals surface area contributed by atoms with E-state index in [9.17, 15) is 9.90 Å². The Kier molecular flexibility index (Phi) is 6.32. The zero-order valence-corrected chi connectivity index (χ0v) is 15.2. The van der Waals surface area contributed by atoms with Gasteiger partial charge in [0, 0.05) is 25.2 Å². The average molecular weight is 326 g/mol. The summed E-state index contributed by atoms with van der Waals surface area (Å²) in [5.41, 5.74) is -0.438. The molecule has 0 radical (unpaired) electrons. The van der Waals surface area contributed by atoms with E-state index < -0.39 is 5.60 Å². The van der Waals surface area contributed by atoms with Crippen LogP contribution in [0.4, 0.5) is 4.79 Å². The normalized spacial score (nSPS) is 29.8. The maximum Gasteiger partial charge on any atom is 0.410 e. The van der Waals surface area contributed by atoms with Gasteiger partial charge < -0.3 is 20.1 Å². The molecular weight excluding hydrogens is 292 g/mol. The van der Waals surface area contributed by atoms with Crippen LogP contribution < -0.4 is 5.32 Å². The van der Waals surface area contributed by atoms with Gasteiger partial charge in [0.15, 0.2) is 0 Å². The molecule has 1 saturated heterocycles. The van der Waals surface area contributed by atoms with E-state index in [4.69, 9.17) is 4.74 Å². The van der Waals surface area contributed by atoms with Crippen LogP contribution in [-0.2, 0) is 4.74 Å². The van der Waals surface area contributed by atoms with Crippen molar-refractivity contribution < 1.29 is 14.6 Å². The number of hydrogen-bond donors (Lipinski definition) is 2. The van der Waals surface area contributed by atoms with E-state index >= 15 is 0 Å². The molecule has 1 saturated carbocycles. The van der Waals surface area contributed by atoms with Gasteiger partial charge in [-0.1, -0.05) is 6.42 Å². The predicted octanol–water partition coefficient (Wildman–Crippen LogP) is 2.92. The van der Waals surface area contributed by atoms with Gasteiger partial charge in [-0.2, -0.15) is 0 Å². The third-order valence-corrected chi connectivity index (χ3v) is 4.98. The van der Waals surface area contributed by atoms with Crippen molar-refractivity contribution in [1.82, 2.24) is 10.2 Å². The maximum atomic E-state index is 12.3. The van der Waals surface area contributed by atoms with Crippen LogP contribution in [0.25, 0.3) is 0 Å². The Labute approximate surface area is 140 Å². The Morgan fingerprint density at radius 2 is 2.04 bits per heavy atom. The average Bonchev–Trinajstić information content (AvgIpc) is 3.03. The van der Waals surface area contributed by atoms with E-state index in [0.717, 1.165) is 51.6 Å². The summed E-state index contributed by atoms with van der Waals surface area (Å²) in [6.45, 7) is 9.58. The molecular formula is C18H34N2O3. The van der Waals surface area contributed by atoms with E-state index in [1.165, 1.54) is 0 Å². The lowest BCUT2D eigenvalue weighted by Gasteiger charge is -2.30. The Morgan fingerprint density at radius 3 is 2.65 bits per heavy atom. The molecule has 4 atom stereocenters. The van der Waals surface area contributed by atoms with Gasteiger partial charge in [-0.25, -0.2) is 4.79 Å². The smallest absolute Gasteiger partial charge is 0.410 e. The molecule has 2 fully saturated rings. The monoisotopic (exact) mass is 326 g/mol. The standard InChI is InChI=1S/C18H34N2O3/c1-13(19-12-14-7-5-9-16(14)21)11-15-8-6-10-20(15)17(22)23-18(2,3)4/h13-16,19,21H,5-12H2,1-4H3. The topological polar surface area (TPSA) is 61.8 Å². The van der Waals surface area contributed by atoms with Gasteiger partial charge in [-0.15, -0.1) is 0 Å². The molecule has 5 heteroatoms. The SMILES string of the molecule is CC(CC1CCCN1C(=O)OC(C)(C)C)NCC1CCCC1O. The first-order chi connectivity index (χ1) is 10.8. The highest BCUT2D eigenvalue weighted by atomic mass is 16.6. The van der Waals surface area contributed by atoms with Crippen LogP contribution in [0.15, 0.2) is 0 Å². The van der Waals surface area contributed by atoms with Crippen molar-refractivity contribution in [3.8, 4) is 0 Å². The number of nitrogens with zero attached hydrogens (tertiary/aromatic N) is 1. The molecule has 0 spiro atoms. The fourth-order valence-electron chi connectivity index (χ4n) is 3.74. The second kappa shape index (κ2) is 7.84. The number of aliphatic hydroxyl groups is 1. The van der Waals surface area contributed by atoms with Crippen LogP contribution in [0, 0.1) is 5.92 Å². The lowest BCUT2D eigenvalue weighted by molar-refractivity contribution is 0.0214. The molecule has 134 valence electrons. The largest absolute Gasteiger partial charge is 0.444 e. The quantitative estimate of drug-likeness (QED) is 0.815. The zero-order valence-electron chi connectivity index (χ0n) is 15.2. The summed E-state index contributed by atoms with van der Waals surface area (Å²) in [5, 5.41) is 13.5. The first-order valence-electron chi connectivity index (χ1n) is 9.17. The van der Waals surface area contributed by atoms with Gasteiger partial charge in [0.2, 0.25) is 0 Å². The van der Waals surface area contributed by atoms with Crippen molar-refractivity contribution in [2.75, 3.05) is 13.1 Å². The highest BCUT2D eigenvalue weighted by Crippen LogP contribution is 2.26. The second-order valence-corrected chi connectivity index (χ2v) is 8.27. The molecule has 1 heterocycles. The van der Waals surface area contributed by atoms with Gasteiger partial charge in [0.25, 0.3) is 0 Å². The minimum atomic E-state index is -0.438. The number of amides is 1. The number of carbonyl (C=O) groups is 1. The van der Waals surface area contributed by atoms with Gasteiger partial charge in [0.1, 0.15) is 5.60 Å². The Bertz CT molecular complexity index is 394. The molecule has 0 aromatic rings.